The Bertz CT molecular complexity index is 1220. The molecular weight excluding hydrogens is 511 g/mol. The predicted molar refractivity (Wildman–Crippen MR) is 135 cm³/mol. The number of carbonyl (C=O) groups excluding carboxylic acids is 2. The average Bonchev–Trinajstić information content (AvgIpc) is 3.34. The van der Waals surface area contributed by atoms with Crippen molar-refractivity contribution in [2.75, 3.05) is 6.61 Å². The summed E-state index contributed by atoms with van der Waals surface area (Å²) in [5, 5.41) is 14.2. The van der Waals surface area contributed by atoms with Gasteiger partial charge in [-0.1, -0.05) is 71.7 Å². The zero-order chi connectivity index (χ0) is 24.9. The third kappa shape index (κ3) is 5.96. The van der Waals surface area contributed by atoms with Crippen LogP contribution in [0, 0.1) is 0 Å². The number of halogens is 2. The summed E-state index contributed by atoms with van der Waals surface area (Å²) in [7, 11) is 0. The third-order valence-corrected chi connectivity index (χ3v) is 7.35. The van der Waals surface area contributed by atoms with Crippen molar-refractivity contribution in [2.24, 2.45) is 0 Å². The Morgan fingerprint density at radius 1 is 1.03 bits per heavy atom. The first-order valence-corrected chi connectivity index (χ1v) is 12.5. The number of benzene rings is 2. The summed E-state index contributed by atoms with van der Waals surface area (Å²) >= 11 is 13.2. The highest BCUT2D eigenvalue weighted by Gasteiger charge is 2.30. The molecule has 1 atom stereocenters. The molecule has 0 saturated heterocycles. The molecule has 2 amide bonds. The molecule has 3 N–H and O–H groups in total. The number of carboxylic acids is 1. The molecule has 0 spiro atoms. The van der Waals surface area contributed by atoms with E-state index in [2.05, 4.69) is 10.6 Å². The lowest BCUT2D eigenvalue weighted by atomic mass is 9.98. The fraction of sp³-hybridized carbons (Fsp3) is 0.240. The van der Waals surface area contributed by atoms with Crippen LogP contribution in [0.4, 0.5) is 4.79 Å². The number of rotatable bonds is 9. The van der Waals surface area contributed by atoms with Gasteiger partial charge in [0.1, 0.15) is 12.6 Å². The number of ether oxygens (including phenoxy) is 1. The summed E-state index contributed by atoms with van der Waals surface area (Å²) in [6.07, 6.45) is -1.19. The lowest BCUT2D eigenvalue weighted by molar-refractivity contribution is -0.137. The fourth-order valence-corrected chi connectivity index (χ4v) is 5.61. The Labute approximate surface area is 216 Å². The Morgan fingerprint density at radius 2 is 1.66 bits per heavy atom. The SMILES string of the molecule is O=C(O)CCC(NC(=O)OCC1c2ccccc2-c2ccccc21)C(=O)NCc1cc(Cl)sc1Cl. The number of amides is 2. The number of hydrogen-bond donors (Lipinski definition) is 3. The number of thiophene rings is 1. The van der Waals surface area contributed by atoms with Crippen LogP contribution in [0.1, 0.15) is 35.4 Å². The first kappa shape index (κ1) is 25.0. The molecule has 1 aromatic heterocycles. The van der Waals surface area contributed by atoms with Crippen LogP contribution in [0.5, 0.6) is 0 Å². The Hall–Kier alpha value is -3.07. The largest absolute Gasteiger partial charge is 0.481 e. The Morgan fingerprint density at radius 3 is 2.23 bits per heavy atom. The minimum absolute atomic E-state index is 0.0795. The Kier molecular flexibility index (Phi) is 7.95. The second kappa shape index (κ2) is 11.1. The lowest BCUT2D eigenvalue weighted by Crippen LogP contribution is -2.47. The van der Waals surface area contributed by atoms with Crippen molar-refractivity contribution in [1.29, 1.82) is 0 Å². The van der Waals surface area contributed by atoms with Gasteiger partial charge in [0.2, 0.25) is 5.91 Å². The highest BCUT2D eigenvalue weighted by atomic mass is 35.5. The molecule has 1 aliphatic rings. The zero-order valence-electron chi connectivity index (χ0n) is 18.4. The van der Waals surface area contributed by atoms with Gasteiger partial charge in [-0.05, 0) is 34.7 Å². The summed E-state index contributed by atoms with van der Waals surface area (Å²) in [6.45, 7) is 0.174. The van der Waals surface area contributed by atoms with Crippen LogP contribution in [0.25, 0.3) is 11.1 Å². The van der Waals surface area contributed by atoms with Crippen LogP contribution < -0.4 is 10.6 Å². The molecule has 0 radical (unpaired) electrons. The molecule has 4 rings (SSSR count). The second-order valence-electron chi connectivity index (χ2n) is 8.02. The summed E-state index contributed by atoms with van der Waals surface area (Å²) in [5.41, 5.74) is 4.96. The van der Waals surface area contributed by atoms with Gasteiger partial charge >= 0.3 is 12.1 Å². The molecule has 0 bridgehead atoms. The number of fused-ring (bicyclic) bond motifs is 3. The monoisotopic (exact) mass is 532 g/mol. The van der Waals surface area contributed by atoms with Crippen molar-refractivity contribution in [2.45, 2.75) is 31.3 Å². The molecule has 10 heteroatoms. The minimum atomic E-state index is -1.09. The van der Waals surface area contributed by atoms with Crippen molar-refractivity contribution < 1.29 is 24.2 Å². The maximum absolute atomic E-state index is 12.7. The highest BCUT2D eigenvalue weighted by molar-refractivity contribution is 7.20. The summed E-state index contributed by atoms with van der Waals surface area (Å²) in [6, 6.07) is 16.4. The van der Waals surface area contributed by atoms with E-state index in [1.807, 2.05) is 48.5 Å². The van der Waals surface area contributed by atoms with E-state index >= 15 is 0 Å². The molecular formula is C25H22Cl2N2O5S. The van der Waals surface area contributed by atoms with Crippen LogP contribution in [0.15, 0.2) is 54.6 Å². The van der Waals surface area contributed by atoms with Gasteiger partial charge in [0.25, 0.3) is 0 Å². The predicted octanol–water partition coefficient (Wildman–Crippen LogP) is 5.44. The number of hydrogen-bond acceptors (Lipinski definition) is 5. The molecule has 0 aliphatic heterocycles. The smallest absolute Gasteiger partial charge is 0.407 e. The van der Waals surface area contributed by atoms with E-state index < -0.39 is 24.0 Å². The average molecular weight is 533 g/mol. The van der Waals surface area contributed by atoms with Crippen molar-refractivity contribution in [3.8, 4) is 11.1 Å². The molecule has 1 heterocycles. The molecule has 0 fully saturated rings. The fourth-order valence-electron chi connectivity index (χ4n) is 4.12. The number of carbonyl (C=O) groups is 3. The zero-order valence-corrected chi connectivity index (χ0v) is 20.8. The number of carboxylic acid groups (broad SMARTS) is 1. The van der Waals surface area contributed by atoms with Gasteiger partial charge in [-0.2, -0.15) is 0 Å². The maximum atomic E-state index is 12.7. The van der Waals surface area contributed by atoms with Gasteiger partial charge in [-0.15, -0.1) is 11.3 Å². The first-order valence-electron chi connectivity index (χ1n) is 10.9. The number of nitrogens with one attached hydrogen (secondary N) is 2. The van der Waals surface area contributed by atoms with Crippen molar-refractivity contribution in [1.82, 2.24) is 10.6 Å². The van der Waals surface area contributed by atoms with E-state index in [4.69, 9.17) is 33.0 Å². The molecule has 1 unspecified atom stereocenters. The molecule has 7 nitrogen and oxygen atoms in total. The molecule has 3 aromatic rings. The second-order valence-corrected chi connectivity index (χ2v) is 10.3. The van der Waals surface area contributed by atoms with Crippen molar-refractivity contribution in [3.05, 3.63) is 80.0 Å². The van der Waals surface area contributed by atoms with E-state index in [9.17, 15) is 14.4 Å². The van der Waals surface area contributed by atoms with E-state index in [1.165, 1.54) is 11.3 Å². The molecule has 0 saturated carbocycles. The van der Waals surface area contributed by atoms with Crippen molar-refractivity contribution >= 4 is 52.5 Å². The Balaban J connectivity index is 1.39. The molecule has 35 heavy (non-hydrogen) atoms. The molecule has 2 aromatic carbocycles. The van der Waals surface area contributed by atoms with E-state index in [0.717, 1.165) is 22.3 Å². The number of aliphatic carboxylic acids is 1. The van der Waals surface area contributed by atoms with Gasteiger partial charge in [0, 0.05) is 24.4 Å². The summed E-state index contributed by atoms with van der Waals surface area (Å²) < 4.78 is 6.43. The summed E-state index contributed by atoms with van der Waals surface area (Å²) in [4.78, 5) is 36.4. The van der Waals surface area contributed by atoms with Gasteiger partial charge < -0.3 is 20.5 Å². The van der Waals surface area contributed by atoms with E-state index in [-0.39, 0.29) is 31.9 Å². The van der Waals surface area contributed by atoms with Gasteiger partial charge in [0.15, 0.2) is 0 Å². The normalized spacial score (nSPS) is 13.0. The molecule has 182 valence electrons. The van der Waals surface area contributed by atoms with Crippen LogP contribution in [-0.2, 0) is 20.9 Å². The quantitative estimate of drug-likeness (QED) is 0.340. The standard InChI is InChI=1S/C25H22Cl2N2O5S/c26-21-11-14(23(27)35-21)12-28-24(32)20(9-10-22(30)31)29-25(33)34-13-19-17-7-3-1-5-15(17)16-6-2-4-8-18(16)19/h1-8,11,19-20H,9-10,12-13H2,(H,28,32)(H,29,33)(H,30,31). The van der Waals surface area contributed by atoms with Crippen LogP contribution in [0.3, 0.4) is 0 Å². The van der Waals surface area contributed by atoms with Crippen LogP contribution >= 0.6 is 34.5 Å². The van der Waals surface area contributed by atoms with E-state index in [0.29, 0.717) is 14.2 Å². The van der Waals surface area contributed by atoms with Crippen LogP contribution in [0.2, 0.25) is 8.67 Å². The minimum Gasteiger partial charge on any atom is -0.481 e. The van der Waals surface area contributed by atoms with Crippen LogP contribution in [-0.4, -0.2) is 35.7 Å². The van der Waals surface area contributed by atoms with Gasteiger partial charge in [-0.3, -0.25) is 9.59 Å². The third-order valence-electron chi connectivity index (χ3n) is 5.78. The van der Waals surface area contributed by atoms with Crippen molar-refractivity contribution in [3.63, 3.8) is 0 Å². The molecule has 1 aliphatic carbocycles. The van der Waals surface area contributed by atoms with Gasteiger partial charge in [0.05, 0.1) is 8.67 Å². The number of alkyl carbamates (subject to hydrolysis) is 1. The maximum Gasteiger partial charge on any atom is 0.407 e. The first-order chi connectivity index (χ1) is 16.8. The lowest BCUT2D eigenvalue weighted by Gasteiger charge is -2.19. The summed E-state index contributed by atoms with van der Waals surface area (Å²) in [5.74, 6) is -1.76. The van der Waals surface area contributed by atoms with Gasteiger partial charge in [-0.25, -0.2) is 4.79 Å². The van der Waals surface area contributed by atoms with E-state index in [1.54, 1.807) is 6.07 Å². The topological polar surface area (TPSA) is 105 Å². The highest BCUT2D eigenvalue weighted by Crippen LogP contribution is 2.44.